The molecule has 76 heavy (non-hydrogen) atoms. The molecule has 2 heterocycles. The van der Waals surface area contributed by atoms with Crippen LogP contribution in [0.25, 0.3) is 122 Å². The second-order valence-corrected chi connectivity index (χ2v) is 19.0. The highest BCUT2D eigenvalue weighted by Crippen LogP contribution is 2.45. The molecule has 0 unspecified atom stereocenters. The number of fused-ring (bicyclic) bond motifs is 6. The van der Waals surface area contributed by atoms with Crippen LogP contribution in [0.15, 0.2) is 249 Å². The molecule has 0 aliphatic heterocycles. The summed E-state index contributed by atoms with van der Waals surface area (Å²) in [5.41, 5.74) is 14.2. The standard InChI is InChI=1S/C69H41F3N4/c70-69(71,72)63-35-44(42-73)21-29-56(63)53-27-34-66(76-67-32-25-51(47-17-9-3-10-18-47)38-61(67)62-39-52(26-33-68(62)76)48-19-11-4-12-20-48)58(40-53)57-41-55(28-22-54(57)43-74)75-64-30-23-49(45-13-5-1-6-14-45)36-59(64)60-37-50(24-31-65(60)75)46-15-7-2-8-16-46/h1-41H. The fraction of sp³-hybridized carbons (Fsp3) is 0.0145. The van der Waals surface area contributed by atoms with Crippen LogP contribution in [-0.2, 0) is 6.18 Å². The van der Waals surface area contributed by atoms with Gasteiger partial charge in [-0.2, -0.15) is 23.7 Å². The summed E-state index contributed by atoms with van der Waals surface area (Å²) in [6.45, 7) is 0. The molecule has 11 aromatic carbocycles. The zero-order chi connectivity index (χ0) is 51.5. The predicted molar refractivity (Wildman–Crippen MR) is 302 cm³/mol. The third kappa shape index (κ3) is 7.87. The molecule has 0 atom stereocenters. The predicted octanol–water partition coefficient (Wildman–Crippen LogP) is 18.6. The molecule has 2 aromatic heterocycles. The van der Waals surface area contributed by atoms with Crippen LogP contribution >= 0.6 is 0 Å². The Morgan fingerprint density at radius 1 is 0.316 bits per heavy atom. The quantitative estimate of drug-likeness (QED) is 0.152. The number of nitriles is 2. The van der Waals surface area contributed by atoms with Crippen molar-refractivity contribution in [3.05, 3.63) is 265 Å². The van der Waals surface area contributed by atoms with Crippen LogP contribution in [0.3, 0.4) is 0 Å². The lowest BCUT2D eigenvalue weighted by Gasteiger charge is -2.20. The molecule has 358 valence electrons. The number of nitrogens with zero attached hydrogens (tertiary/aromatic N) is 4. The zero-order valence-electron chi connectivity index (χ0n) is 40.6. The Labute approximate surface area is 436 Å². The van der Waals surface area contributed by atoms with E-state index in [2.05, 4.69) is 137 Å². The summed E-state index contributed by atoms with van der Waals surface area (Å²) in [4.78, 5) is 0. The van der Waals surface area contributed by atoms with Crippen LogP contribution in [0.1, 0.15) is 16.7 Å². The molecule has 7 heteroatoms. The van der Waals surface area contributed by atoms with Gasteiger partial charge in [-0.1, -0.05) is 158 Å². The molecule has 0 aliphatic rings. The molecule has 0 bridgehead atoms. The van der Waals surface area contributed by atoms with Gasteiger partial charge in [0.25, 0.3) is 0 Å². The maximum Gasteiger partial charge on any atom is 0.417 e. The third-order valence-electron chi connectivity index (χ3n) is 14.6. The minimum Gasteiger partial charge on any atom is -0.309 e. The minimum atomic E-state index is -4.77. The summed E-state index contributed by atoms with van der Waals surface area (Å²) in [5.74, 6) is 0. The van der Waals surface area contributed by atoms with Crippen LogP contribution in [-0.4, -0.2) is 9.13 Å². The van der Waals surface area contributed by atoms with Crippen LogP contribution in [0.5, 0.6) is 0 Å². The number of halogens is 3. The molecule has 0 amide bonds. The summed E-state index contributed by atoms with van der Waals surface area (Å²) < 4.78 is 49.7. The van der Waals surface area contributed by atoms with Gasteiger partial charge in [0, 0.05) is 38.4 Å². The van der Waals surface area contributed by atoms with Crippen LogP contribution in [0.4, 0.5) is 13.2 Å². The van der Waals surface area contributed by atoms with Gasteiger partial charge in [-0.25, -0.2) is 0 Å². The first kappa shape index (κ1) is 45.6. The Morgan fingerprint density at radius 3 is 1.14 bits per heavy atom. The van der Waals surface area contributed by atoms with Gasteiger partial charge in [0.15, 0.2) is 0 Å². The van der Waals surface area contributed by atoms with E-state index in [0.29, 0.717) is 22.4 Å². The van der Waals surface area contributed by atoms with Crippen molar-refractivity contribution in [3.8, 4) is 90.3 Å². The molecule has 0 aliphatic carbocycles. The van der Waals surface area contributed by atoms with Crippen molar-refractivity contribution >= 4 is 43.6 Å². The number of rotatable bonds is 8. The number of benzene rings is 11. The maximum absolute atomic E-state index is 15.1. The van der Waals surface area contributed by atoms with Gasteiger partial charge in [-0.15, -0.1) is 0 Å². The van der Waals surface area contributed by atoms with Crippen molar-refractivity contribution in [1.82, 2.24) is 9.13 Å². The Hall–Kier alpha value is -10.2. The highest BCUT2D eigenvalue weighted by molar-refractivity contribution is 6.13. The number of alkyl halides is 3. The summed E-state index contributed by atoms with van der Waals surface area (Å²) in [6.07, 6.45) is -4.77. The van der Waals surface area contributed by atoms with E-state index in [1.807, 2.05) is 103 Å². The Balaban J connectivity index is 1.09. The van der Waals surface area contributed by atoms with E-state index in [9.17, 15) is 10.5 Å². The molecular formula is C69H41F3N4. The normalized spacial score (nSPS) is 11.6. The molecule has 0 N–H and O–H groups in total. The summed E-state index contributed by atoms with van der Waals surface area (Å²) in [6, 6.07) is 85.9. The SMILES string of the molecule is N#Cc1ccc(-c2ccc(-n3c4ccc(-c5ccccc5)cc4c4cc(-c5ccccc5)ccc43)c(-c3cc(-n4c5ccc(-c6ccccc6)cc5c5cc(-c6ccccc6)ccc54)ccc3C#N)c2)c(C(F)(F)F)c1. The van der Waals surface area contributed by atoms with Gasteiger partial charge in [0.05, 0.1) is 56.6 Å². The number of hydrogen-bond acceptors (Lipinski definition) is 2. The third-order valence-corrected chi connectivity index (χ3v) is 14.6. The highest BCUT2D eigenvalue weighted by Gasteiger charge is 2.34. The second-order valence-electron chi connectivity index (χ2n) is 19.0. The molecule has 0 saturated carbocycles. The first-order valence-corrected chi connectivity index (χ1v) is 24.9. The monoisotopic (exact) mass is 982 g/mol. The molecular weight excluding hydrogens is 942 g/mol. The Bertz CT molecular complexity index is 4310. The molecule has 13 rings (SSSR count). The molecule has 0 saturated heterocycles. The maximum atomic E-state index is 15.1. The average Bonchev–Trinajstić information content (AvgIpc) is 4.05. The van der Waals surface area contributed by atoms with Gasteiger partial charge >= 0.3 is 6.18 Å². The Morgan fingerprint density at radius 2 is 0.737 bits per heavy atom. The first-order valence-electron chi connectivity index (χ1n) is 24.9. The number of hydrogen-bond donors (Lipinski definition) is 0. The molecule has 4 nitrogen and oxygen atoms in total. The van der Waals surface area contributed by atoms with Crippen LogP contribution in [0, 0.1) is 22.7 Å². The summed E-state index contributed by atoms with van der Waals surface area (Å²) in [7, 11) is 0. The van der Waals surface area contributed by atoms with Crippen molar-refractivity contribution in [2.75, 3.05) is 0 Å². The topological polar surface area (TPSA) is 57.4 Å². The molecule has 0 spiro atoms. The summed E-state index contributed by atoms with van der Waals surface area (Å²) in [5, 5.41) is 24.9. The van der Waals surface area contributed by atoms with Crippen molar-refractivity contribution < 1.29 is 13.2 Å². The van der Waals surface area contributed by atoms with E-state index < -0.39 is 11.7 Å². The fourth-order valence-corrected chi connectivity index (χ4v) is 11.0. The van der Waals surface area contributed by atoms with Crippen LogP contribution < -0.4 is 0 Å². The van der Waals surface area contributed by atoms with Gasteiger partial charge in [-0.05, 0) is 147 Å². The number of aromatic nitrogens is 2. The lowest BCUT2D eigenvalue weighted by atomic mass is 9.91. The van der Waals surface area contributed by atoms with Crippen LogP contribution in [0.2, 0.25) is 0 Å². The van der Waals surface area contributed by atoms with E-state index in [1.165, 1.54) is 12.1 Å². The van der Waals surface area contributed by atoms with Crippen molar-refractivity contribution in [3.63, 3.8) is 0 Å². The van der Waals surface area contributed by atoms with Crippen molar-refractivity contribution in [2.24, 2.45) is 0 Å². The fourth-order valence-electron chi connectivity index (χ4n) is 11.0. The first-order chi connectivity index (χ1) is 37.2. The van der Waals surface area contributed by atoms with Gasteiger partial charge in [0.2, 0.25) is 0 Å². The second kappa shape index (κ2) is 18.4. The molecule has 13 aromatic rings. The lowest BCUT2D eigenvalue weighted by molar-refractivity contribution is -0.137. The van der Waals surface area contributed by atoms with Crippen molar-refractivity contribution in [1.29, 1.82) is 10.5 Å². The largest absolute Gasteiger partial charge is 0.417 e. The smallest absolute Gasteiger partial charge is 0.309 e. The molecule has 0 fully saturated rings. The van der Waals surface area contributed by atoms with E-state index >= 15 is 13.2 Å². The lowest BCUT2D eigenvalue weighted by Crippen LogP contribution is -2.08. The zero-order valence-corrected chi connectivity index (χ0v) is 40.6. The van der Waals surface area contributed by atoms with E-state index in [4.69, 9.17) is 0 Å². The van der Waals surface area contributed by atoms with E-state index in [1.54, 1.807) is 12.1 Å². The van der Waals surface area contributed by atoms with E-state index in [-0.39, 0.29) is 16.7 Å². The van der Waals surface area contributed by atoms with Crippen molar-refractivity contribution in [2.45, 2.75) is 6.18 Å². The van der Waals surface area contributed by atoms with Gasteiger partial charge < -0.3 is 9.13 Å². The van der Waals surface area contributed by atoms with E-state index in [0.717, 1.165) is 99.9 Å². The summed E-state index contributed by atoms with van der Waals surface area (Å²) >= 11 is 0. The van der Waals surface area contributed by atoms with Gasteiger partial charge in [0.1, 0.15) is 0 Å². The Kier molecular flexibility index (Phi) is 11.0. The molecule has 0 radical (unpaired) electrons. The highest BCUT2D eigenvalue weighted by atomic mass is 19.4. The minimum absolute atomic E-state index is 0.0815. The van der Waals surface area contributed by atoms with Gasteiger partial charge in [-0.3, -0.25) is 0 Å². The average molecular weight is 983 g/mol.